The molecule has 2 atom stereocenters. The van der Waals surface area contributed by atoms with Crippen molar-refractivity contribution in [2.45, 2.75) is 302 Å². The van der Waals surface area contributed by atoms with E-state index >= 15 is 0 Å². The number of hydrogen-bond acceptors (Lipinski definition) is 7. The zero-order valence-corrected chi connectivity index (χ0v) is 50.2. The lowest BCUT2D eigenvalue weighted by Crippen LogP contribution is -2.37. The highest BCUT2D eigenvalue weighted by Crippen LogP contribution is 2.43. The fraction of sp³-hybridized carbons (Fsp3) is 0.844. The number of hydrogen-bond donors (Lipinski definition) is 1. The maximum absolute atomic E-state index is 12.8. The van der Waals surface area contributed by atoms with Crippen LogP contribution in [0.4, 0.5) is 0 Å². The molecule has 0 bridgehead atoms. The minimum absolute atomic E-state index is 0.0290. The average Bonchev–Trinajstić information content (AvgIpc) is 3.36. The Morgan fingerprint density at radius 1 is 0.419 bits per heavy atom. The van der Waals surface area contributed by atoms with E-state index in [9.17, 15) is 19.0 Å². The smallest absolute Gasteiger partial charge is 0.462 e. The molecule has 0 saturated heterocycles. The molecule has 0 fully saturated rings. The van der Waals surface area contributed by atoms with E-state index in [4.69, 9.17) is 18.5 Å². The highest BCUT2D eigenvalue weighted by atomic mass is 31.2. The second-order valence-corrected chi connectivity index (χ2v) is 23.9. The third kappa shape index (κ3) is 59.2. The first-order valence-electron chi connectivity index (χ1n) is 31.4. The molecule has 434 valence electrons. The Balaban J connectivity index is 4.09. The number of quaternary nitrogens is 1. The van der Waals surface area contributed by atoms with E-state index < -0.39 is 26.5 Å². The molecule has 10 heteroatoms. The number of allylic oxidation sites excluding steroid dienone is 8. The third-order valence-corrected chi connectivity index (χ3v) is 14.8. The number of esters is 2. The second-order valence-electron chi connectivity index (χ2n) is 22.4. The summed E-state index contributed by atoms with van der Waals surface area (Å²) in [5.41, 5.74) is 0. The van der Waals surface area contributed by atoms with Gasteiger partial charge in [-0.3, -0.25) is 18.6 Å². The monoisotopic (exact) mass is 1060 g/mol. The summed E-state index contributed by atoms with van der Waals surface area (Å²) in [7, 11) is 1.47. The summed E-state index contributed by atoms with van der Waals surface area (Å²) in [6.45, 7) is 4.44. The highest BCUT2D eigenvalue weighted by Gasteiger charge is 2.27. The van der Waals surface area contributed by atoms with Crippen molar-refractivity contribution in [2.75, 3.05) is 47.5 Å². The van der Waals surface area contributed by atoms with E-state index in [1.165, 1.54) is 193 Å². The van der Waals surface area contributed by atoms with E-state index in [-0.39, 0.29) is 32.0 Å². The van der Waals surface area contributed by atoms with Gasteiger partial charge in [0.25, 0.3) is 0 Å². The van der Waals surface area contributed by atoms with Gasteiger partial charge in [0.15, 0.2) is 6.10 Å². The van der Waals surface area contributed by atoms with Crippen molar-refractivity contribution in [1.82, 2.24) is 0 Å². The SMILES string of the molecule is CCCCCCC/C=C\C/C=C\C/C=C\CCCCCCCCC(=O)OC(COC(=O)CCCCCCCCCCCCCCCCCCC/C=C\CCCCCCCCCC)COP(=O)(O)OCC[N+](C)(C)C. The van der Waals surface area contributed by atoms with Crippen molar-refractivity contribution in [3.05, 3.63) is 48.6 Å². The van der Waals surface area contributed by atoms with Gasteiger partial charge in [0.1, 0.15) is 19.8 Å². The number of nitrogens with zero attached hydrogens (tertiary/aromatic N) is 1. The van der Waals surface area contributed by atoms with Gasteiger partial charge in [-0.2, -0.15) is 0 Å². The van der Waals surface area contributed by atoms with Crippen molar-refractivity contribution in [3.63, 3.8) is 0 Å². The van der Waals surface area contributed by atoms with Gasteiger partial charge < -0.3 is 18.9 Å². The topological polar surface area (TPSA) is 108 Å². The number of likely N-dealkylation sites (N-methyl/N-ethyl adjacent to an activating group) is 1. The van der Waals surface area contributed by atoms with E-state index in [2.05, 4.69) is 62.5 Å². The zero-order chi connectivity index (χ0) is 54.2. The van der Waals surface area contributed by atoms with Gasteiger partial charge in [-0.25, -0.2) is 4.57 Å². The largest absolute Gasteiger partial charge is 0.472 e. The van der Waals surface area contributed by atoms with Crippen LogP contribution in [0, 0.1) is 0 Å². The first-order valence-corrected chi connectivity index (χ1v) is 32.9. The summed E-state index contributed by atoms with van der Waals surface area (Å²) in [4.78, 5) is 35.7. The van der Waals surface area contributed by atoms with Crippen molar-refractivity contribution in [1.29, 1.82) is 0 Å². The number of rotatable bonds is 58. The van der Waals surface area contributed by atoms with Crippen molar-refractivity contribution < 1.29 is 42.1 Å². The lowest BCUT2D eigenvalue weighted by atomic mass is 10.0. The van der Waals surface area contributed by atoms with Gasteiger partial charge >= 0.3 is 19.8 Å². The van der Waals surface area contributed by atoms with E-state index in [1.807, 2.05) is 21.1 Å². The molecule has 0 aliphatic rings. The molecule has 0 amide bonds. The lowest BCUT2D eigenvalue weighted by Gasteiger charge is -2.24. The Morgan fingerprint density at radius 3 is 1.09 bits per heavy atom. The predicted octanol–water partition coefficient (Wildman–Crippen LogP) is 19.7. The van der Waals surface area contributed by atoms with Gasteiger partial charge in [-0.1, -0.05) is 255 Å². The molecule has 0 aromatic carbocycles. The minimum atomic E-state index is -4.39. The van der Waals surface area contributed by atoms with Crippen LogP contribution in [-0.2, 0) is 32.7 Å². The Labute approximate surface area is 458 Å². The van der Waals surface area contributed by atoms with Gasteiger partial charge in [-0.15, -0.1) is 0 Å². The molecule has 0 aromatic rings. The van der Waals surface area contributed by atoms with Crippen LogP contribution in [0.2, 0.25) is 0 Å². The number of phosphoric ester groups is 1. The number of ether oxygens (including phenoxy) is 2. The van der Waals surface area contributed by atoms with Gasteiger partial charge in [0.2, 0.25) is 0 Å². The Hall–Kier alpha value is -2.03. The van der Waals surface area contributed by atoms with Crippen LogP contribution in [0.25, 0.3) is 0 Å². The highest BCUT2D eigenvalue weighted by molar-refractivity contribution is 7.47. The zero-order valence-electron chi connectivity index (χ0n) is 49.3. The Morgan fingerprint density at radius 2 is 0.730 bits per heavy atom. The molecule has 0 spiro atoms. The van der Waals surface area contributed by atoms with Crippen molar-refractivity contribution in [2.24, 2.45) is 0 Å². The quantitative estimate of drug-likeness (QED) is 0.0211. The first-order chi connectivity index (χ1) is 36.0. The summed E-state index contributed by atoms with van der Waals surface area (Å²) in [5.74, 6) is -0.801. The van der Waals surface area contributed by atoms with Crippen molar-refractivity contribution >= 4 is 19.8 Å². The van der Waals surface area contributed by atoms with Crippen LogP contribution in [0.3, 0.4) is 0 Å². The van der Waals surface area contributed by atoms with Crippen LogP contribution in [0.1, 0.15) is 296 Å². The molecule has 74 heavy (non-hydrogen) atoms. The number of carbonyl (C=O) groups is 2. The molecule has 1 N–H and O–H groups in total. The average molecular weight is 1060 g/mol. The molecule has 2 unspecified atom stereocenters. The molecular weight excluding hydrogens is 942 g/mol. The number of unbranched alkanes of at least 4 members (excludes halogenated alkanes) is 36. The van der Waals surface area contributed by atoms with E-state index in [1.54, 1.807) is 0 Å². The van der Waals surface area contributed by atoms with Crippen LogP contribution < -0.4 is 0 Å². The van der Waals surface area contributed by atoms with E-state index in [0.29, 0.717) is 17.4 Å². The fourth-order valence-electron chi connectivity index (χ4n) is 8.96. The summed E-state index contributed by atoms with van der Waals surface area (Å²) in [6, 6.07) is 0. The van der Waals surface area contributed by atoms with Crippen LogP contribution in [0.15, 0.2) is 48.6 Å². The van der Waals surface area contributed by atoms with Gasteiger partial charge in [0.05, 0.1) is 27.7 Å². The van der Waals surface area contributed by atoms with Gasteiger partial charge in [0, 0.05) is 12.8 Å². The normalized spacial score (nSPS) is 13.5. The molecule has 0 aliphatic carbocycles. The van der Waals surface area contributed by atoms with E-state index in [0.717, 1.165) is 70.6 Å². The van der Waals surface area contributed by atoms with Crippen molar-refractivity contribution in [3.8, 4) is 0 Å². The molecule has 9 nitrogen and oxygen atoms in total. The lowest BCUT2D eigenvalue weighted by molar-refractivity contribution is -0.870. The maximum atomic E-state index is 12.8. The molecule has 0 rings (SSSR count). The molecule has 0 aromatic heterocycles. The summed E-state index contributed by atoms with van der Waals surface area (Å²) in [6.07, 6.45) is 70.5. The van der Waals surface area contributed by atoms with Gasteiger partial charge in [-0.05, 0) is 77.0 Å². The summed E-state index contributed by atoms with van der Waals surface area (Å²) >= 11 is 0. The minimum Gasteiger partial charge on any atom is -0.462 e. The maximum Gasteiger partial charge on any atom is 0.472 e. The molecule has 0 saturated carbocycles. The number of phosphoric acid groups is 1. The second kappa shape index (κ2) is 55.7. The van der Waals surface area contributed by atoms with Crippen LogP contribution in [-0.4, -0.2) is 74.9 Å². The first kappa shape index (κ1) is 72.0. The molecule has 0 heterocycles. The summed E-state index contributed by atoms with van der Waals surface area (Å²) in [5, 5.41) is 0. The molecule has 0 radical (unpaired) electrons. The standard InChI is InChI=1S/C64H120NO8P/c1-6-8-10-12-14-16-18-20-22-24-26-28-29-30-31-32-33-34-35-37-38-40-42-44-46-48-50-52-54-56-63(66)70-60-62(61-72-74(68,69)71-59-58-65(3,4)5)73-64(67)57-55-53-51-49-47-45-43-41-39-36-27-25-23-21-19-17-15-13-11-9-7-2/h19,21,24-27,39,41,62H,6-18,20,22-23,28-38,40,42-61H2,1-5H3/p+1/b21-19-,26-24-,27-25-,41-39-. The molecular formula is C64H121NO8P+. The summed E-state index contributed by atoms with van der Waals surface area (Å²) < 4.78 is 34.6. The Kier molecular flexibility index (Phi) is 54.2. The third-order valence-electron chi connectivity index (χ3n) is 13.8. The fourth-order valence-corrected chi connectivity index (χ4v) is 9.70. The van der Waals surface area contributed by atoms with Crippen LogP contribution >= 0.6 is 7.82 Å². The predicted molar refractivity (Wildman–Crippen MR) is 317 cm³/mol. The number of carbonyl (C=O) groups excluding carboxylic acids is 2. The molecule has 0 aliphatic heterocycles. The van der Waals surface area contributed by atoms with Crippen LogP contribution in [0.5, 0.6) is 0 Å². The Bertz CT molecular complexity index is 1390.